The van der Waals surface area contributed by atoms with Crippen LogP contribution in [0, 0.1) is 13.8 Å². The Balaban J connectivity index is 2.28. The molecule has 0 spiro atoms. The predicted molar refractivity (Wildman–Crippen MR) is 106 cm³/mol. The molecule has 1 aromatic carbocycles. The highest BCUT2D eigenvalue weighted by molar-refractivity contribution is 7.86. The fourth-order valence-electron chi connectivity index (χ4n) is 3.38. The van der Waals surface area contributed by atoms with Crippen molar-refractivity contribution in [3.63, 3.8) is 0 Å². The van der Waals surface area contributed by atoms with Crippen molar-refractivity contribution >= 4 is 10.1 Å². The van der Waals surface area contributed by atoms with E-state index in [0.717, 1.165) is 24.0 Å². The van der Waals surface area contributed by atoms with Crippen molar-refractivity contribution in [2.75, 3.05) is 0 Å². The zero-order chi connectivity index (χ0) is 18.7. The van der Waals surface area contributed by atoms with E-state index >= 15 is 0 Å². The lowest BCUT2D eigenvalue weighted by Gasteiger charge is -2.12. The minimum Gasteiger partial charge on any atom is -0.282 e. The second kappa shape index (κ2) is 11.7. The number of rotatable bonds is 13. The van der Waals surface area contributed by atoms with Gasteiger partial charge in [-0.3, -0.25) is 4.55 Å². The SMILES string of the molecule is CCCCCCCCCCCCCc1ccc(C)c(C)c1S(=O)(=O)O. The van der Waals surface area contributed by atoms with Gasteiger partial charge in [0.15, 0.2) is 0 Å². The number of hydrogen-bond acceptors (Lipinski definition) is 2. The maximum Gasteiger partial charge on any atom is 0.295 e. The first-order valence-electron chi connectivity index (χ1n) is 9.94. The second-order valence-electron chi connectivity index (χ2n) is 7.26. The Morgan fingerprint density at radius 1 is 0.800 bits per heavy atom. The molecular weight excluding hydrogens is 332 g/mol. The van der Waals surface area contributed by atoms with E-state index < -0.39 is 10.1 Å². The van der Waals surface area contributed by atoms with Gasteiger partial charge in [-0.15, -0.1) is 0 Å². The van der Waals surface area contributed by atoms with Crippen LogP contribution in [0.5, 0.6) is 0 Å². The summed E-state index contributed by atoms with van der Waals surface area (Å²) in [5.74, 6) is 0. The van der Waals surface area contributed by atoms with E-state index in [0.29, 0.717) is 12.0 Å². The quantitative estimate of drug-likeness (QED) is 0.323. The van der Waals surface area contributed by atoms with Crippen LogP contribution >= 0.6 is 0 Å². The molecule has 0 bridgehead atoms. The van der Waals surface area contributed by atoms with Crippen LogP contribution in [0.4, 0.5) is 0 Å². The molecule has 0 fully saturated rings. The van der Waals surface area contributed by atoms with E-state index in [1.54, 1.807) is 6.92 Å². The fraction of sp³-hybridized carbons (Fsp3) is 0.714. The van der Waals surface area contributed by atoms with Crippen molar-refractivity contribution in [3.8, 4) is 0 Å². The summed E-state index contributed by atoms with van der Waals surface area (Å²) in [6.07, 6.45) is 14.7. The van der Waals surface area contributed by atoms with E-state index in [4.69, 9.17) is 0 Å². The van der Waals surface area contributed by atoms with Crippen LogP contribution < -0.4 is 0 Å². The molecule has 0 aliphatic rings. The highest BCUT2D eigenvalue weighted by atomic mass is 32.2. The van der Waals surface area contributed by atoms with Gasteiger partial charge in [-0.25, -0.2) is 0 Å². The van der Waals surface area contributed by atoms with Gasteiger partial charge in [0.1, 0.15) is 4.90 Å². The van der Waals surface area contributed by atoms with Gasteiger partial charge in [0.05, 0.1) is 0 Å². The van der Waals surface area contributed by atoms with Crippen molar-refractivity contribution < 1.29 is 13.0 Å². The third-order valence-electron chi connectivity index (χ3n) is 5.07. The standard InChI is InChI=1S/C21H36O3S/c1-4-5-6-7-8-9-10-11-12-13-14-15-20-17-16-18(2)19(3)21(20)25(22,23)24/h16-17H,4-15H2,1-3H3,(H,22,23,24). The molecule has 0 heterocycles. The van der Waals surface area contributed by atoms with Crippen molar-refractivity contribution in [2.24, 2.45) is 0 Å². The Morgan fingerprint density at radius 3 is 1.76 bits per heavy atom. The van der Waals surface area contributed by atoms with Gasteiger partial charge in [-0.05, 0) is 43.4 Å². The normalized spacial score (nSPS) is 11.8. The van der Waals surface area contributed by atoms with Gasteiger partial charge in [-0.2, -0.15) is 8.42 Å². The predicted octanol–water partition coefficient (Wildman–Crippen LogP) is 6.40. The Labute approximate surface area is 155 Å². The molecule has 0 aromatic heterocycles. The van der Waals surface area contributed by atoms with Crippen LogP contribution in [0.3, 0.4) is 0 Å². The zero-order valence-corrected chi connectivity index (χ0v) is 17.1. The molecule has 0 saturated heterocycles. The average Bonchev–Trinajstić information content (AvgIpc) is 2.54. The second-order valence-corrected chi connectivity index (χ2v) is 8.61. The van der Waals surface area contributed by atoms with Gasteiger partial charge in [-0.1, -0.05) is 83.3 Å². The minimum atomic E-state index is -4.15. The van der Waals surface area contributed by atoms with Crippen molar-refractivity contribution in [1.29, 1.82) is 0 Å². The molecule has 0 aliphatic heterocycles. The van der Waals surface area contributed by atoms with Gasteiger partial charge in [0, 0.05) is 0 Å². The van der Waals surface area contributed by atoms with E-state index in [2.05, 4.69) is 6.92 Å². The first-order chi connectivity index (χ1) is 11.9. The maximum atomic E-state index is 11.7. The lowest BCUT2D eigenvalue weighted by atomic mass is 10.0. The van der Waals surface area contributed by atoms with Crippen LogP contribution in [0.15, 0.2) is 17.0 Å². The summed E-state index contributed by atoms with van der Waals surface area (Å²) in [7, 11) is -4.15. The third-order valence-corrected chi connectivity index (χ3v) is 6.15. The molecule has 0 aliphatic carbocycles. The van der Waals surface area contributed by atoms with Crippen LogP contribution in [0.2, 0.25) is 0 Å². The van der Waals surface area contributed by atoms with Crippen molar-refractivity contribution in [3.05, 3.63) is 28.8 Å². The van der Waals surface area contributed by atoms with Gasteiger partial charge in [0.25, 0.3) is 10.1 Å². The molecule has 0 atom stereocenters. The number of aryl methyl sites for hydroxylation is 2. The average molecular weight is 369 g/mol. The van der Waals surface area contributed by atoms with Crippen LogP contribution in [0.1, 0.15) is 94.2 Å². The fourth-order valence-corrected chi connectivity index (χ4v) is 4.43. The summed E-state index contributed by atoms with van der Waals surface area (Å²) >= 11 is 0. The highest BCUT2D eigenvalue weighted by Crippen LogP contribution is 2.25. The summed E-state index contributed by atoms with van der Waals surface area (Å²) in [5, 5.41) is 0. The summed E-state index contributed by atoms with van der Waals surface area (Å²) in [4.78, 5) is 0.125. The Bertz CT molecular complexity index is 606. The smallest absolute Gasteiger partial charge is 0.282 e. The molecule has 3 nitrogen and oxygen atoms in total. The van der Waals surface area contributed by atoms with Crippen LogP contribution in [-0.2, 0) is 16.5 Å². The lowest BCUT2D eigenvalue weighted by Crippen LogP contribution is -2.07. The monoisotopic (exact) mass is 368 g/mol. The van der Waals surface area contributed by atoms with Crippen molar-refractivity contribution in [1.82, 2.24) is 0 Å². The molecule has 25 heavy (non-hydrogen) atoms. The number of unbranched alkanes of at least 4 members (excludes halogenated alkanes) is 10. The molecule has 1 N–H and O–H groups in total. The number of hydrogen-bond donors (Lipinski definition) is 1. The summed E-state index contributed by atoms with van der Waals surface area (Å²) in [5.41, 5.74) is 2.32. The summed E-state index contributed by atoms with van der Waals surface area (Å²) < 4.78 is 32.9. The lowest BCUT2D eigenvalue weighted by molar-refractivity contribution is 0.480. The molecule has 1 rings (SSSR count). The van der Waals surface area contributed by atoms with Gasteiger partial charge < -0.3 is 0 Å². The maximum absolute atomic E-state index is 11.7. The first-order valence-corrected chi connectivity index (χ1v) is 11.4. The highest BCUT2D eigenvalue weighted by Gasteiger charge is 2.19. The zero-order valence-electron chi connectivity index (χ0n) is 16.3. The molecule has 0 radical (unpaired) electrons. The molecule has 0 amide bonds. The topological polar surface area (TPSA) is 54.4 Å². The van der Waals surface area contributed by atoms with E-state index in [1.165, 1.54) is 57.8 Å². The molecule has 144 valence electrons. The Hall–Kier alpha value is -0.870. The Morgan fingerprint density at radius 2 is 1.28 bits per heavy atom. The molecule has 0 unspecified atom stereocenters. The minimum absolute atomic E-state index is 0.125. The third kappa shape index (κ3) is 8.37. The molecule has 0 saturated carbocycles. The summed E-state index contributed by atoms with van der Waals surface area (Å²) in [6.45, 7) is 5.88. The summed E-state index contributed by atoms with van der Waals surface area (Å²) in [6, 6.07) is 3.79. The Kier molecular flexibility index (Phi) is 10.4. The van der Waals surface area contributed by atoms with Crippen LogP contribution in [0.25, 0.3) is 0 Å². The van der Waals surface area contributed by atoms with E-state index in [1.807, 2.05) is 19.1 Å². The van der Waals surface area contributed by atoms with Crippen molar-refractivity contribution in [2.45, 2.75) is 103 Å². The van der Waals surface area contributed by atoms with Crippen LogP contribution in [-0.4, -0.2) is 13.0 Å². The molecular formula is C21H36O3S. The van der Waals surface area contributed by atoms with Gasteiger partial charge in [0.2, 0.25) is 0 Å². The van der Waals surface area contributed by atoms with E-state index in [9.17, 15) is 13.0 Å². The first kappa shape index (κ1) is 22.2. The van der Waals surface area contributed by atoms with E-state index in [-0.39, 0.29) is 4.90 Å². The molecule has 1 aromatic rings. The molecule has 4 heteroatoms. The number of benzene rings is 1. The largest absolute Gasteiger partial charge is 0.295 e. The van der Waals surface area contributed by atoms with Gasteiger partial charge >= 0.3 is 0 Å².